The molecule has 1 unspecified atom stereocenters. The molecule has 3 aliphatic rings. The summed E-state index contributed by atoms with van der Waals surface area (Å²) in [5.41, 5.74) is -0.469. The van der Waals surface area contributed by atoms with Crippen LogP contribution in [0.25, 0.3) is 0 Å². The lowest BCUT2D eigenvalue weighted by atomic mass is 9.60. The minimum atomic E-state index is -0.738. The van der Waals surface area contributed by atoms with Gasteiger partial charge in [-0.05, 0) is 36.5 Å². The van der Waals surface area contributed by atoms with Crippen LogP contribution in [0.15, 0.2) is 0 Å². The molecule has 0 N–H and O–H groups in total. The molecule has 2 bridgehead atoms. The second-order valence-corrected chi connectivity index (χ2v) is 7.56. The standard InChI is InChI=1S/C16H24O4/c1-9-5-6-16-8-11(17)12(14(18)19-4)13(20-16)15(2,3)7-10(9)16/h9-10,12-13H,5-8H2,1-4H3/t9-,10+,12?,13-,16+/m1/s1. The first-order valence-corrected chi connectivity index (χ1v) is 7.59. The van der Waals surface area contributed by atoms with Gasteiger partial charge in [0.05, 0.1) is 18.8 Å². The third-order valence-electron chi connectivity index (χ3n) is 5.84. The number of ketones is 1. The van der Waals surface area contributed by atoms with Crippen LogP contribution in [0.3, 0.4) is 0 Å². The molecule has 0 aromatic heterocycles. The van der Waals surface area contributed by atoms with Crippen molar-refractivity contribution in [3.05, 3.63) is 0 Å². The maximum Gasteiger partial charge on any atom is 0.318 e. The van der Waals surface area contributed by atoms with Crippen molar-refractivity contribution >= 4 is 11.8 Å². The van der Waals surface area contributed by atoms with Crippen LogP contribution in [0.1, 0.15) is 46.5 Å². The highest BCUT2D eigenvalue weighted by Gasteiger charge is 2.64. The summed E-state index contributed by atoms with van der Waals surface area (Å²) in [6.45, 7) is 6.48. The highest BCUT2D eigenvalue weighted by Crippen LogP contribution is 2.59. The van der Waals surface area contributed by atoms with E-state index in [1.165, 1.54) is 7.11 Å². The van der Waals surface area contributed by atoms with E-state index in [9.17, 15) is 9.59 Å². The molecule has 2 aliphatic heterocycles. The first-order chi connectivity index (χ1) is 9.31. The van der Waals surface area contributed by atoms with E-state index in [1.807, 2.05) is 0 Å². The van der Waals surface area contributed by atoms with Gasteiger partial charge in [0.2, 0.25) is 0 Å². The average molecular weight is 280 g/mol. The largest absolute Gasteiger partial charge is 0.468 e. The van der Waals surface area contributed by atoms with Crippen LogP contribution in [0, 0.1) is 23.2 Å². The molecule has 20 heavy (non-hydrogen) atoms. The fourth-order valence-electron chi connectivity index (χ4n) is 4.74. The predicted molar refractivity (Wildman–Crippen MR) is 73.0 cm³/mol. The van der Waals surface area contributed by atoms with Crippen molar-refractivity contribution in [1.82, 2.24) is 0 Å². The second kappa shape index (κ2) is 4.30. The third kappa shape index (κ3) is 1.77. The number of rotatable bonds is 1. The molecule has 2 saturated heterocycles. The van der Waals surface area contributed by atoms with Gasteiger partial charge in [0.1, 0.15) is 5.92 Å². The van der Waals surface area contributed by atoms with Crippen LogP contribution in [-0.2, 0) is 19.1 Å². The Morgan fingerprint density at radius 2 is 2.10 bits per heavy atom. The zero-order valence-electron chi connectivity index (χ0n) is 12.8. The van der Waals surface area contributed by atoms with Crippen LogP contribution in [0.4, 0.5) is 0 Å². The van der Waals surface area contributed by atoms with Crippen molar-refractivity contribution in [1.29, 1.82) is 0 Å². The topological polar surface area (TPSA) is 52.6 Å². The van der Waals surface area contributed by atoms with Gasteiger partial charge < -0.3 is 9.47 Å². The molecule has 0 radical (unpaired) electrons. The van der Waals surface area contributed by atoms with Gasteiger partial charge in [-0.1, -0.05) is 20.8 Å². The molecule has 3 rings (SSSR count). The molecule has 0 aromatic rings. The summed E-state index contributed by atoms with van der Waals surface area (Å²) in [5.74, 6) is -0.126. The van der Waals surface area contributed by atoms with E-state index in [-0.39, 0.29) is 22.9 Å². The molecule has 0 aromatic carbocycles. The van der Waals surface area contributed by atoms with E-state index in [0.717, 1.165) is 19.3 Å². The molecule has 5 atom stereocenters. The molecule has 2 heterocycles. The van der Waals surface area contributed by atoms with Gasteiger partial charge in [-0.25, -0.2) is 0 Å². The number of carbonyl (C=O) groups excluding carboxylic acids is 2. The molecule has 1 saturated carbocycles. The van der Waals surface area contributed by atoms with Crippen molar-refractivity contribution in [3.8, 4) is 0 Å². The fourth-order valence-corrected chi connectivity index (χ4v) is 4.74. The van der Waals surface area contributed by atoms with Crippen molar-refractivity contribution < 1.29 is 19.1 Å². The SMILES string of the molecule is COC(=O)C1C(=O)C[C@@]23CC[C@@H](C)[C@@H]2CC(C)(C)[C@@H]1O3. The zero-order chi connectivity index (χ0) is 14.7. The zero-order valence-corrected chi connectivity index (χ0v) is 12.8. The summed E-state index contributed by atoms with van der Waals surface area (Å²) in [6.07, 6.45) is 3.14. The quantitative estimate of drug-likeness (QED) is 0.546. The van der Waals surface area contributed by atoms with Gasteiger partial charge in [0.15, 0.2) is 5.78 Å². The molecule has 4 nitrogen and oxygen atoms in total. The van der Waals surface area contributed by atoms with E-state index >= 15 is 0 Å². The molecule has 112 valence electrons. The number of hydrogen-bond acceptors (Lipinski definition) is 4. The molecule has 1 spiro atoms. The molecule has 4 heteroatoms. The second-order valence-electron chi connectivity index (χ2n) is 7.56. The number of esters is 1. The van der Waals surface area contributed by atoms with E-state index < -0.39 is 11.9 Å². The van der Waals surface area contributed by atoms with Crippen molar-refractivity contribution in [2.24, 2.45) is 23.2 Å². The number of methoxy groups -OCH3 is 1. The number of Topliss-reactive ketones (excluding diaryl/α,β-unsaturated/α-hetero) is 1. The number of carbonyl (C=O) groups is 2. The fraction of sp³-hybridized carbons (Fsp3) is 0.875. The Morgan fingerprint density at radius 1 is 1.40 bits per heavy atom. The van der Waals surface area contributed by atoms with Crippen LogP contribution in [-0.4, -0.2) is 30.6 Å². The summed E-state index contributed by atoms with van der Waals surface area (Å²) in [7, 11) is 1.34. The summed E-state index contributed by atoms with van der Waals surface area (Å²) >= 11 is 0. The molecule has 0 amide bonds. The number of ether oxygens (including phenoxy) is 2. The first kappa shape index (κ1) is 14.1. The molecular formula is C16H24O4. The van der Waals surface area contributed by atoms with E-state index in [0.29, 0.717) is 18.3 Å². The Balaban J connectivity index is 2.00. The van der Waals surface area contributed by atoms with Crippen LogP contribution in [0.5, 0.6) is 0 Å². The maximum atomic E-state index is 12.6. The van der Waals surface area contributed by atoms with Crippen molar-refractivity contribution in [2.75, 3.05) is 7.11 Å². The molecule has 1 aliphatic carbocycles. The number of fused-ring (bicyclic) bond motifs is 1. The maximum absolute atomic E-state index is 12.6. The summed E-state index contributed by atoms with van der Waals surface area (Å²) in [4.78, 5) is 24.6. The smallest absolute Gasteiger partial charge is 0.318 e. The average Bonchev–Trinajstić information content (AvgIpc) is 2.66. The normalized spacial score (nSPS) is 45.9. The van der Waals surface area contributed by atoms with Gasteiger partial charge in [0.25, 0.3) is 0 Å². The van der Waals surface area contributed by atoms with Crippen molar-refractivity contribution in [3.63, 3.8) is 0 Å². The Hall–Kier alpha value is -0.900. The Labute approximate surface area is 120 Å². The van der Waals surface area contributed by atoms with Crippen molar-refractivity contribution in [2.45, 2.75) is 58.2 Å². The summed E-state index contributed by atoms with van der Waals surface area (Å²) < 4.78 is 11.2. The Kier molecular flexibility index (Phi) is 3.02. The lowest BCUT2D eigenvalue weighted by molar-refractivity contribution is -0.242. The lowest BCUT2D eigenvalue weighted by Gasteiger charge is -2.56. The van der Waals surface area contributed by atoms with E-state index in [4.69, 9.17) is 9.47 Å². The number of hydrogen-bond donors (Lipinski definition) is 0. The minimum Gasteiger partial charge on any atom is -0.468 e. The summed E-state index contributed by atoms with van der Waals surface area (Å²) in [6, 6.07) is 0. The highest BCUT2D eigenvalue weighted by atomic mass is 16.5. The monoisotopic (exact) mass is 280 g/mol. The van der Waals surface area contributed by atoms with Crippen LogP contribution >= 0.6 is 0 Å². The van der Waals surface area contributed by atoms with E-state index in [1.54, 1.807) is 0 Å². The van der Waals surface area contributed by atoms with Crippen LogP contribution in [0.2, 0.25) is 0 Å². The predicted octanol–water partition coefficient (Wildman–Crippen LogP) is 2.35. The first-order valence-electron chi connectivity index (χ1n) is 7.59. The van der Waals surface area contributed by atoms with Gasteiger partial charge in [-0.2, -0.15) is 0 Å². The van der Waals surface area contributed by atoms with Gasteiger partial charge >= 0.3 is 5.97 Å². The van der Waals surface area contributed by atoms with Gasteiger partial charge in [-0.3, -0.25) is 9.59 Å². The Bertz CT molecular complexity index is 455. The minimum absolute atomic E-state index is 0.0139. The molecular weight excluding hydrogens is 256 g/mol. The Morgan fingerprint density at radius 3 is 2.75 bits per heavy atom. The highest BCUT2D eigenvalue weighted by molar-refractivity contribution is 6.01. The van der Waals surface area contributed by atoms with Gasteiger partial charge in [-0.15, -0.1) is 0 Å². The van der Waals surface area contributed by atoms with Gasteiger partial charge in [0, 0.05) is 6.42 Å². The van der Waals surface area contributed by atoms with E-state index in [2.05, 4.69) is 20.8 Å². The lowest BCUT2D eigenvalue weighted by Crippen LogP contribution is -2.63. The summed E-state index contributed by atoms with van der Waals surface area (Å²) in [5, 5.41) is 0. The third-order valence-corrected chi connectivity index (χ3v) is 5.84. The van der Waals surface area contributed by atoms with Crippen LogP contribution < -0.4 is 0 Å². The molecule has 3 fully saturated rings.